The number of benzene rings is 1. The molecule has 2 nitrogen and oxygen atoms in total. The average Bonchev–Trinajstić information content (AvgIpc) is 2.02. The summed E-state index contributed by atoms with van der Waals surface area (Å²) in [5, 5.41) is 19.1. The van der Waals surface area contributed by atoms with E-state index in [9.17, 15) is 10.2 Å². The summed E-state index contributed by atoms with van der Waals surface area (Å²) in [6.07, 6.45) is 1.59. The number of hydrogen-bond acceptors (Lipinski definition) is 2. The predicted molar refractivity (Wildman–Crippen MR) is 54.0 cm³/mol. The molecule has 0 fully saturated rings. The summed E-state index contributed by atoms with van der Waals surface area (Å²) < 4.78 is 0. The molecule has 0 amide bonds. The zero-order valence-electron chi connectivity index (χ0n) is 7.91. The molecule has 0 radical (unpaired) electrons. The van der Waals surface area contributed by atoms with Crippen molar-refractivity contribution in [1.29, 1.82) is 0 Å². The summed E-state index contributed by atoms with van der Waals surface area (Å²) in [7, 11) is 0. The van der Waals surface area contributed by atoms with Crippen LogP contribution in [-0.2, 0) is 0 Å². The average molecular weight is 178 g/mol. The summed E-state index contributed by atoms with van der Waals surface area (Å²) in [5.41, 5.74) is 1.31. The molecule has 0 unspecified atom stereocenters. The van der Waals surface area contributed by atoms with E-state index in [1.807, 2.05) is 13.8 Å². The van der Waals surface area contributed by atoms with Gasteiger partial charge in [-0.2, -0.15) is 0 Å². The van der Waals surface area contributed by atoms with Crippen molar-refractivity contribution in [2.45, 2.75) is 19.8 Å². The summed E-state index contributed by atoms with van der Waals surface area (Å²) in [4.78, 5) is 0. The number of aromatic hydroxyl groups is 2. The summed E-state index contributed by atoms with van der Waals surface area (Å²) in [6, 6.07) is 3.20. The molecule has 70 valence electrons. The number of rotatable bonds is 2. The van der Waals surface area contributed by atoms with Crippen LogP contribution in [0.3, 0.4) is 0 Å². The van der Waals surface area contributed by atoms with Crippen molar-refractivity contribution in [3.8, 4) is 11.5 Å². The van der Waals surface area contributed by atoms with E-state index in [1.54, 1.807) is 18.2 Å². The summed E-state index contributed by atoms with van der Waals surface area (Å²) >= 11 is 0. The van der Waals surface area contributed by atoms with Gasteiger partial charge >= 0.3 is 0 Å². The Morgan fingerprint density at radius 3 is 2.00 bits per heavy atom. The summed E-state index contributed by atoms with van der Waals surface area (Å²) in [5.74, 6) is 0.369. The molecule has 2 N–H and O–H groups in total. The molecule has 0 aliphatic carbocycles. The smallest absolute Gasteiger partial charge is 0.123 e. The van der Waals surface area contributed by atoms with Crippen LogP contribution in [-0.4, -0.2) is 10.2 Å². The van der Waals surface area contributed by atoms with Gasteiger partial charge in [-0.05, 0) is 23.6 Å². The lowest BCUT2D eigenvalue weighted by atomic mass is 9.99. The highest BCUT2D eigenvalue weighted by Crippen LogP contribution is 2.34. The zero-order chi connectivity index (χ0) is 10.0. The molecule has 1 rings (SSSR count). The second-order valence-electron chi connectivity index (χ2n) is 3.33. The Morgan fingerprint density at radius 2 is 1.69 bits per heavy atom. The fourth-order valence-electron chi connectivity index (χ4n) is 1.35. The van der Waals surface area contributed by atoms with Crippen LogP contribution in [0.15, 0.2) is 18.7 Å². The quantitative estimate of drug-likeness (QED) is 0.731. The van der Waals surface area contributed by atoms with Crippen LogP contribution < -0.4 is 0 Å². The van der Waals surface area contributed by atoms with Gasteiger partial charge in [-0.15, -0.1) is 0 Å². The van der Waals surface area contributed by atoms with Crippen molar-refractivity contribution in [2.75, 3.05) is 0 Å². The van der Waals surface area contributed by atoms with Crippen molar-refractivity contribution < 1.29 is 10.2 Å². The van der Waals surface area contributed by atoms with E-state index in [4.69, 9.17) is 0 Å². The highest BCUT2D eigenvalue weighted by molar-refractivity contribution is 5.57. The van der Waals surface area contributed by atoms with Gasteiger partial charge in [0.25, 0.3) is 0 Å². The third kappa shape index (κ3) is 1.83. The van der Waals surface area contributed by atoms with Crippen molar-refractivity contribution in [2.24, 2.45) is 0 Å². The molecule has 0 aliphatic rings. The Bertz CT molecular complexity index is 304. The fraction of sp³-hybridized carbons (Fsp3) is 0.273. The van der Waals surface area contributed by atoms with Gasteiger partial charge in [0.05, 0.1) is 0 Å². The molecule has 2 heteroatoms. The summed E-state index contributed by atoms with van der Waals surface area (Å²) in [6.45, 7) is 7.40. The van der Waals surface area contributed by atoms with Gasteiger partial charge in [-0.3, -0.25) is 0 Å². The molecule has 0 aromatic heterocycles. The van der Waals surface area contributed by atoms with E-state index in [0.717, 1.165) is 5.56 Å². The first-order valence-corrected chi connectivity index (χ1v) is 4.24. The second kappa shape index (κ2) is 3.52. The minimum Gasteiger partial charge on any atom is -0.507 e. The molecular formula is C11H14O2. The van der Waals surface area contributed by atoms with E-state index in [-0.39, 0.29) is 17.4 Å². The van der Waals surface area contributed by atoms with E-state index in [0.29, 0.717) is 5.56 Å². The van der Waals surface area contributed by atoms with E-state index in [2.05, 4.69) is 6.58 Å². The maximum absolute atomic E-state index is 9.57. The SMILES string of the molecule is C=Cc1cc(O)c(C(C)C)c(O)c1. The lowest BCUT2D eigenvalue weighted by Crippen LogP contribution is -1.90. The van der Waals surface area contributed by atoms with Gasteiger partial charge in [-0.1, -0.05) is 26.5 Å². The Morgan fingerprint density at radius 1 is 1.23 bits per heavy atom. The van der Waals surface area contributed by atoms with Crippen LogP contribution in [0.25, 0.3) is 6.08 Å². The van der Waals surface area contributed by atoms with Crippen LogP contribution in [0.2, 0.25) is 0 Å². The van der Waals surface area contributed by atoms with Crippen LogP contribution in [0.1, 0.15) is 30.9 Å². The van der Waals surface area contributed by atoms with Crippen molar-refractivity contribution in [1.82, 2.24) is 0 Å². The molecule has 1 aromatic carbocycles. The topological polar surface area (TPSA) is 40.5 Å². The molecule has 0 saturated carbocycles. The minimum atomic E-state index is 0.110. The maximum atomic E-state index is 9.57. The van der Waals surface area contributed by atoms with Gasteiger partial charge in [0, 0.05) is 5.56 Å². The van der Waals surface area contributed by atoms with Gasteiger partial charge in [0.2, 0.25) is 0 Å². The van der Waals surface area contributed by atoms with Crippen molar-refractivity contribution in [3.05, 3.63) is 29.8 Å². The van der Waals surface area contributed by atoms with E-state index >= 15 is 0 Å². The monoisotopic (exact) mass is 178 g/mol. The Kier molecular flexibility index (Phi) is 2.61. The van der Waals surface area contributed by atoms with Gasteiger partial charge in [-0.25, -0.2) is 0 Å². The van der Waals surface area contributed by atoms with Crippen molar-refractivity contribution >= 4 is 6.08 Å². The zero-order valence-corrected chi connectivity index (χ0v) is 7.91. The Hall–Kier alpha value is -1.44. The second-order valence-corrected chi connectivity index (χ2v) is 3.33. The minimum absolute atomic E-state index is 0.110. The maximum Gasteiger partial charge on any atom is 0.123 e. The molecule has 0 atom stereocenters. The molecule has 0 heterocycles. The highest BCUT2D eigenvalue weighted by atomic mass is 16.3. The first-order valence-electron chi connectivity index (χ1n) is 4.24. The largest absolute Gasteiger partial charge is 0.507 e. The first kappa shape index (κ1) is 9.65. The first-order chi connectivity index (χ1) is 6.06. The Labute approximate surface area is 78.2 Å². The van der Waals surface area contributed by atoms with Gasteiger partial charge in [0.1, 0.15) is 11.5 Å². The third-order valence-corrected chi connectivity index (χ3v) is 1.97. The lowest BCUT2D eigenvalue weighted by Gasteiger charge is -2.11. The molecule has 1 aromatic rings. The molecular weight excluding hydrogens is 164 g/mol. The molecule has 0 aliphatic heterocycles. The lowest BCUT2D eigenvalue weighted by molar-refractivity contribution is 0.433. The standard InChI is InChI=1S/C11H14O2/c1-4-8-5-9(12)11(7(2)3)10(13)6-8/h4-7,12-13H,1H2,2-3H3. The third-order valence-electron chi connectivity index (χ3n) is 1.97. The fourth-order valence-corrected chi connectivity index (χ4v) is 1.35. The molecule has 0 bridgehead atoms. The van der Waals surface area contributed by atoms with Crippen LogP contribution in [0.5, 0.6) is 11.5 Å². The van der Waals surface area contributed by atoms with Gasteiger partial charge < -0.3 is 10.2 Å². The highest BCUT2D eigenvalue weighted by Gasteiger charge is 2.11. The molecule has 0 saturated heterocycles. The number of phenolic OH excluding ortho intramolecular Hbond substituents is 2. The normalized spacial score (nSPS) is 10.4. The molecule has 13 heavy (non-hydrogen) atoms. The van der Waals surface area contributed by atoms with Crippen molar-refractivity contribution in [3.63, 3.8) is 0 Å². The van der Waals surface area contributed by atoms with E-state index < -0.39 is 0 Å². The van der Waals surface area contributed by atoms with Crippen LogP contribution in [0, 0.1) is 0 Å². The predicted octanol–water partition coefficient (Wildman–Crippen LogP) is 2.86. The van der Waals surface area contributed by atoms with Gasteiger partial charge in [0.15, 0.2) is 0 Å². The van der Waals surface area contributed by atoms with Crippen LogP contribution >= 0.6 is 0 Å². The van der Waals surface area contributed by atoms with Crippen LogP contribution in [0.4, 0.5) is 0 Å². The Balaban J connectivity index is 3.31. The van der Waals surface area contributed by atoms with E-state index in [1.165, 1.54) is 0 Å². The number of hydrogen-bond donors (Lipinski definition) is 2. The molecule has 0 spiro atoms. The number of phenols is 2.